The number of hydrogen-bond acceptors (Lipinski definition) is 3. The third-order valence-electron chi connectivity index (χ3n) is 2.36. The Morgan fingerprint density at radius 3 is 2.47 bits per heavy atom. The summed E-state index contributed by atoms with van der Waals surface area (Å²) >= 11 is 0. The van der Waals surface area contributed by atoms with Crippen LogP contribution in [0, 0.1) is 5.92 Å². The molecule has 4 nitrogen and oxygen atoms in total. The Balaban J connectivity index is 0. The number of hydrogen-bond donors (Lipinski definition) is 2. The standard InChI is InChI=1S/C12H26N2O2.ClH/c1-10(2)6-9-16-11(3)12(15)14-8-5-4-7-13;/h10-11H,4-9,13H2,1-3H3,(H,14,15);1H. The summed E-state index contributed by atoms with van der Waals surface area (Å²) in [5, 5.41) is 2.84. The van der Waals surface area contributed by atoms with Gasteiger partial charge in [-0.3, -0.25) is 4.79 Å². The van der Waals surface area contributed by atoms with Crippen molar-refractivity contribution in [2.45, 2.75) is 46.1 Å². The molecule has 1 atom stereocenters. The van der Waals surface area contributed by atoms with Crippen molar-refractivity contribution in [3.05, 3.63) is 0 Å². The number of ether oxygens (including phenoxy) is 1. The summed E-state index contributed by atoms with van der Waals surface area (Å²) in [5.74, 6) is 0.584. The lowest BCUT2D eigenvalue weighted by molar-refractivity contribution is -0.131. The molecule has 0 spiro atoms. The van der Waals surface area contributed by atoms with E-state index in [2.05, 4.69) is 19.2 Å². The molecule has 0 aliphatic carbocycles. The molecule has 1 amide bonds. The van der Waals surface area contributed by atoms with Gasteiger partial charge in [0.2, 0.25) is 5.91 Å². The molecular weight excluding hydrogens is 240 g/mol. The second-order valence-electron chi connectivity index (χ2n) is 4.48. The van der Waals surface area contributed by atoms with Gasteiger partial charge in [0.25, 0.3) is 0 Å². The number of nitrogens with one attached hydrogen (secondary N) is 1. The van der Waals surface area contributed by atoms with Crippen LogP contribution < -0.4 is 11.1 Å². The van der Waals surface area contributed by atoms with Gasteiger partial charge in [-0.25, -0.2) is 0 Å². The molecule has 3 N–H and O–H groups in total. The lowest BCUT2D eigenvalue weighted by Crippen LogP contribution is -2.35. The second kappa shape index (κ2) is 12.1. The summed E-state index contributed by atoms with van der Waals surface area (Å²) in [6.45, 7) is 8.08. The first-order chi connectivity index (χ1) is 7.57. The van der Waals surface area contributed by atoms with Gasteiger partial charge in [0, 0.05) is 13.2 Å². The van der Waals surface area contributed by atoms with Crippen LogP contribution in [0.5, 0.6) is 0 Å². The third-order valence-corrected chi connectivity index (χ3v) is 2.36. The van der Waals surface area contributed by atoms with Crippen LogP contribution in [0.3, 0.4) is 0 Å². The Kier molecular flexibility index (Phi) is 13.6. The SMILES string of the molecule is CC(C)CCOC(C)C(=O)NCCCCN.Cl. The van der Waals surface area contributed by atoms with Crippen molar-refractivity contribution >= 4 is 18.3 Å². The lowest BCUT2D eigenvalue weighted by Gasteiger charge is -2.14. The molecule has 104 valence electrons. The Morgan fingerprint density at radius 1 is 1.29 bits per heavy atom. The van der Waals surface area contributed by atoms with E-state index in [4.69, 9.17) is 10.5 Å². The first-order valence-corrected chi connectivity index (χ1v) is 6.17. The third kappa shape index (κ3) is 11.9. The Hall–Kier alpha value is -0.320. The predicted octanol–water partition coefficient (Wildman–Crippen LogP) is 1.71. The molecule has 5 heteroatoms. The van der Waals surface area contributed by atoms with E-state index in [0.29, 0.717) is 25.6 Å². The van der Waals surface area contributed by atoms with Gasteiger partial charge in [0.1, 0.15) is 6.10 Å². The molecular formula is C12H27ClN2O2. The number of halogens is 1. The molecule has 0 fully saturated rings. The molecule has 0 aromatic heterocycles. The van der Waals surface area contributed by atoms with Crippen molar-refractivity contribution in [3.8, 4) is 0 Å². The van der Waals surface area contributed by atoms with Crippen molar-refractivity contribution in [3.63, 3.8) is 0 Å². The minimum Gasteiger partial charge on any atom is -0.369 e. The van der Waals surface area contributed by atoms with Crippen molar-refractivity contribution < 1.29 is 9.53 Å². The summed E-state index contributed by atoms with van der Waals surface area (Å²) in [6, 6.07) is 0. The van der Waals surface area contributed by atoms with Crippen LogP contribution in [0.4, 0.5) is 0 Å². The van der Waals surface area contributed by atoms with Crippen LogP contribution in [0.1, 0.15) is 40.0 Å². The molecule has 0 saturated heterocycles. The Labute approximate surface area is 111 Å². The molecule has 0 aromatic carbocycles. The number of carbonyl (C=O) groups excluding carboxylic acids is 1. The van der Waals surface area contributed by atoms with Gasteiger partial charge < -0.3 is 15.8 Å². The van der Waals surface area contributed by atoms with E-state index in [1.54, 1.807) is 6.92 Å². The first-order valence-electron chi connectivity index (χ1n) is 6.17. The normalized spacial score (nSPS) is 12.1. The minimum atomic E-state index is -0.350. The maximum atomic E-state index is 11.5. The summed E-state index contributed by atoms with van der Waals surface area (Å²) < 4.78 is 5.43. The number of rotatable bonds is 9. The topological polar surface area (TPSA) is 64.3 Å². The van der Waals surface area contributed by atoms with Gasteiger partial charge in [0.15, 0.2) is 0 Å². The van der Waals surface area contributed by atoms with Gasteiger partial charge in [-0.1, -0.05) is 13.8 Å². The predicted molar refractivity (Wildman–Crippen MR) is 73.4 cm³/mol. The van der Waals surface area contributed by atoms with Crippen molar-refractivity contribution in [2.24, 2.45) is 11.7 Å². The fourth-order valence-electron chi connectivity index (χ4n) is 1.18. The summed E-state index contributed by atoms with van der Waals surface area (Å²) in [5.41, 5.74) is 5.36. The number of nitrogens with two attached hydrogens (primary N) is 1. The first kappa shape index (κ1) is 19.0. The maximum absolute atomic E-state index is 11.5. The van der Waals surface area contributed by atoms with Crippen molar-refractivity contribution in [2.75, 3.05) is 19.7 Å². The fraction of sp³-hybridized carbons (Fsp3) is 0.917. The van der Waals surface area contributed by atoms with Crippen molar-refractivity contribution in [1.82, 2.24) is 5.32 Å². The Bertz CT molecular complexity index is 189. The molecule has 1 unspecified atom stereocenters. The quantitative estimate of drug-likeness (QED) is 0.625. The molecule has 0 aliphatic heterocycles. The minimum absolute atomic E-state index is 0. The average Bonchev–Trinajstić information content (AvgIpc) is 2.23. The highest BCUT2D eigenvalue weighted by molar-refractivity contribution is 5.85. The van der Waals surface area contributed by atoms with Gasteiger partial charge in [-0.05, 0) is 38.6 Å². The zero-order chi connectivity index (χ0) is 12.4. The average molecular weight is 267 g/mol. The molecule has 0 aliphatic rings. The highest BCUT2D eigenvalue weighted by Crippen LogP contribution is 2.01. The van der Waals surface area contributed by atoms with E-state index < -0.39 is 0 Å². The maximum Gasteiger partial charge on any atom is 0.248 e. The van der Waals surface area contributed by atoms with Crippen LogP contribution in [0.15, 0.2) is 0 Å². The van der Waals surface area contributed by atoms with Gasteiger partial charge in [-0.15, -0.1) is 12.4 Å². The van der Waals surface area contributed by atoms with Gasteiger partial charge in [-0.2, -0.15) is 0 Å². The second-order valence-corrected chi connectivity index (χ2v) is 4.48. The molecule has 0 rings (SSSR count). The van der Waals surface area contributed by atoms with Crippen LogP contribution in [0.25, 0.3) is 0 Å². The molecule has 0 aromatic rings. The van der Waals surface area contributed by atoms with Crippen LogP contribution in [-0.2, 0) is 9.53 Å². The van der Waals surface area contributed by atoms with E-state index in [-0.39, 0.29) is 24.4 Å². The summed E-state index contributed by atoms with van der Waals surface area (Å²) in [7, 11) is 0. The van der Waals surface area contributed by atoms with Crippen molar-refractivity contribution in [1.29, 1.82) is 0 Å². The summed E-state index contributed by atoms with van der Waals surface area (Å²) in [6.07, 6.45) is 2.52. The van der Waals surface area contributed by atoms with E-state index in [1.807, 2.05) is 0 Å². The monoisotopic (exact) mass is 266 g/mol. The van der Waals surface area contributed by atoms with Crippen LogP contribution in [-0.4, -0.2) is 31.7 Å². The smallest absolute Gasteiger partial charge is 0.248 e. The summed E-state index contributed by atoms with van der Waals surface area (Å²) in [4.78, 5) is 11.5. The van der Waals surface area contributed by atoms with E-state index in [0.717, 1.165) is 19.3 Å². The molecule has 0 bridgehead atoms. The molecule has 0 radical (unpaired) electrons. The molecule has 17 heavy (non-hydrogen) atoms. The van der Waals surface area contributed by atoms with E-state index >= 15 is 0 Å². The molecule has 0 heterocycles. The highest BCUT2D eigenvalue weighted by Gasteiger charge is 2.12. The zero-order valence-electron chi connectivity index (χ0n) is 11.2. The molecule has 0 saturated carbocycles. The highest BCUT2D eigenvalue weighted by atomic mass is 35.5. The number of amides is 1. The zero-order valence-corrected chi connectivity index (χ0v) is 12.0. The van der Waals surface area contributed by atoms with Crippen LogP contribution in [0.2, 0.25) is 0 Å². The van der Waals surface area contributed by atoms with Gasteiger partial charge in [0.05, 0.1) is 0 Å². The van der Waals surface area contributed by atoms with Crippen LogP contribution >= 0.6 is 12.4 Å². The lowest BCUT2D eigenvalue weighted by atomic mass is 10.1. The number of unbranched alkanes of at least 4 members (excludes halogenated alkanes) is 1. The number of carbonyl (C=O) groups is 1. The fourth-order valence-corrected chi connectivity index (χ4v) is 1.18. The van der Waals surface area contributed by atoms with E-state index in [9.17, 15) is 4.79 Å². The Morgan fingerprint density at radius 2 is 1.94 bits per heavy atom. The van der Waals surface area contributed by atoms with Gasteiger partial charge >= 0.3 is 0 Å². The largest absolute Gasteiger partial charge is 0.369 e. The van der Waals surface area contributed by atoms with E-state index in [1.165, 1.54) is 0 Å².